The van der Waals surface area contributed by atoms with E-state index in [0.29, 0.717) is 30.4 Å². The Balaban J connectivity index is 1.67. The minimum absolute atomic E-state index is 0.116. The van der Waals surface area contributed by atoms with Crippen molar-refractivity contribution in [2.75, 3.05) is 17.9 Å². The number of rotatable bonds is 4. The van der Waals surface area contributed by atoms with Gasteiger partial charge in [-0.25, -0.2) is 13.1 Å². The molecule has 0 spiro atoms. The van der Waals surface area contributed by atoms with Crippen LogP contribution in [0, 0.1) is 6.92 Å². The fourth-order valence-electron chi connectivity index (χ4n) is 2.68. The topological polar surface area (TPSA) is 82.5 Å². The summed E-state index contributed by atoms with van der Waals surface area (Å²) in [6.07, 6.45) is 3.46. The van der Waals surface area contributed by atoms with Crippen LogP contribution in [0.25, 0.3) is 5.69 Å². The second-order valence-corrected chi connectivity index (χ2v) is 7.54. The van der Waals surface area contributed by atoms with Crippen LogP contribution in [-0.2, 0) is 10.0 Å². The molecule has 1 aliphatic rings. The van der Waals surface area contributed by atoms with Gasteiger partial charge in [0, 0.05) is 18.5 Å². The molecule has 0 unspecified atom stereocenters. The van der Waals surface area contributed by atoms with Gasteiger partial charge in [-0.05, 0) is 42.8 Å². The average Bonchev–Trinajstić information content (AvgIpc) is 3.18. The second-order valence-electron chi connectivity index (χ2n) is 5.86. The summed E-state index contributed by atoms with van der Waals surface area (Å²) in [5, 5.41) is 4.17. The highest BCUT2D eigenvalue weighted by Gasteiger charge is 2.20. The lowest BCUT2D eigenvalue weighted by Crippen LogP contribution is -2.17. The number of ether oxygens (including phenoxy) is 2. The van der Waals surface area contributed by atoms with Crippen LogP contribution >= 0.6 is 0 Å². The SMILES string of the molecule is Cc1ccc(-n2cccn2)cc1NS(=O)(=O)c1ccc2c(c1)OCCO2. The lowest BCUT2D eigenvalue weighted by atomic mass is 10.2. The molecule has 26 heavy (non-hydrogen) atoms. The summed E-state index contributed by atoms with van der Waals surface area (Å²) in [7, 11) is -3.77. The van der Waals surface area contributed by atoms with Gasteiger partial charge in [0.1, 0.15) is 13.2 Å². The Morgan fingerprint density at radius 1 is 1.08 bits per heavy atom. The molecule has 0 saturated heterocycles. The Hall–Kier alpha value is -3.00. The van der Waals surface area contributed by atoms with Crippen molar-refractivity contribution < 1.29 is 17.9 Å². The first-order chi connectivity index (χ1) is 12.5. The number of sulfonamides is 1. The van der Waals surface area contributed by atoms with Crippen LogP contribution in [0.1, 0.15) is 5.56 Å². The molecule has 0 bridgehead atoms. The molecule has 1 aromatic heterocycles. The fraction of sp³-hybridized carbons (Fsp3) is 0.167. The number of hydrogen-bond acceptors (Lipinski definition) is 5. The Kier molecular flexibility index (Phi) is 4.04. The molecule has 0 fully saturated rings. The lowest BCUT2D eigenvalue weighted by Gasteiger charge is -2.19. The van der Waals surface area contributed by atoms with E-state index in [4.69, 9.17) is 9.47 Å². The zero-order chi connectivity index (χ0) is 18.1. The largest absolute Gasteiger partial charge is 0.486 e. The van der Waals surface area contributed by atoms with Gasteiger partial charge in [-0.3, -0.25) is 4.72 Å². The van der Waals surface area contributed by atoms with Crippen LogP contribution in [-0.4, -0.2) is 31.4 Å². The van der Waals surface area contributed by atoms with Crippen LogP contribution in [0.4, 0.5) is 5.69 Å². The van der Waals surface area contributed by atoms with Crippen LogP contribution in [0.2, 0.25) is 0 Å². The first-order valence-electron chi connectivity index (χ1n) is 8.06. The predicted octanol–water partition coefficient (Wildman–Crippen LogP) is 2.75. The smallest absolute Gasteiger partial charge is 0.262 e. The number of nitrogens with zero attached hydrogens (tertiary/aromatic N) is 2. The van der Waals surface area contributed by atoms with Crippen LogP contribution < -0.4 is 14.2 Å². The number of nitrogens with one attached hydrogen (secondary N) is 1. The molecule has 3 aromatic rings. The third kappa shape index (κ3) is 3.11. The maximum Gasteiger partial charge on any atom is 0.262 e. The van der Waals surface area contributed by atoms with E-state index in [-0.39, 0.29) is 4.90 Å². The molecule has 0 saturated carbocycles. The summed E-state index contributed by atoms with van der Waals surface area (Å²) >= 11 is 0. The summed E-state index contributed by atoms with van der Waals surface area (Å²) in [5.74, 6) is 0.980. The number of fused-ring (bicyclic) bond motifs is 1. The van der Waals surface area contributed by atoms with Gasteiger partial charge in [0.25, 0.3) is 10.0 Å². The third-order valence-corrected chi connectivity index (χ3v) is 5.42. The molecule has 0 amide bonds. The van der Waals surface area contributed by atoms with Crippen molar-refractivity contribution in [2.45, 2.75) is 11.8 Å². The molecule has 4 rings (SSSR count). The predicted molar refractivity (Wildman–Crippen MR) is 96.5 cm³/mol. The summed E-state index contributed by atoms with van der Waals surface area (Å²) in [6.45, 7) is 2.69. The molecular formula is C18H17N3O4S. The van der Waals surface area contributed by atoms with E-state index in [1.807, 2.05) is 19.1 Å². The second kappa shape index (κ2) is 6.38. The normalized spacial score (nSPS) is 13.4. The van der Waals surface area contributed by atoms with Gasteiger partial charge in [-0.2, -0.15) is 5.10 Å². The first kappa shape index (κ1) is 16.5. The monoisotopic (exact) mass is 371 g/mol. The molecule has 7 nitrogen and oxygen atoms in total. The van der Waals surface area contributed by atoms with E-state index in [9.17, 15) is 8.42 Å². The van der Waals surface area contributed by atoms with Crippen molar-refractivity contribution in [1.29, 1.82) is 0 Å². The van der Waals surface area contributed by atoms with Crippen molar-refractivity contribution in [3.63, 3.8) is 0 Å². The van der Waals surface area contributed by atoms with E-state index in [0.717, 1.165) is 11.3 Å². The molecule has 0 atom stereocenters. The van der Waals surface area contributed by atoms with Gasteiger partial charge >= 0.3 is 0 Å². The van der Waals surface area contributed by atoms with Gasteiger partial charge < -0.3 is 9.47 Å². The molecule has 2 heterocycles. The minimum Gasteiger partial charge on any atom is -0.486 e. The van der Waals surface area contributed by atoms with E-state index in [1.165, 1.54) is 12.1 Å². The van der Waals surface area contributed by atoms with Crippen LogP contribution in [0.5, 0.6) is 11.5 Å². The Labute approximate surface area is 151 Å². The van der Waals surface area contributed by atoms with Crippen LogP contribution in [0.3, 0.4) is 0 Å². The van der Waals surface area contributed by atoms with Crippen molar-refractivity contribution in [2.24, 2.45) is 0 Å². The van der Waals surface area contributed by atoms with Gasteiger partial charge in [0.05, 0.1) is 16.3 Å². The molecule has 1 N–H and O–H groups in total. The Bertz CT molecular complexity index is 1050. The van der Waals surface area contributed by atoms with E-state index < -0.39 is 10.0 Å². The Morgan fingerprint density at radius 3 is 2.65 bits per heavy atom. The van der Waals surface area contributed by atoms with Crippen molar-refractivity contribution in [3.8, 4) is 17.2 Å². The molecule has 2 aromatic carbocycles. The Morgan fingerprint density at radius 2 is 1.88 bits per heavy atom. The lowest BCUT2D eigenvalue weighted by molar-refractivity contribution is 0.171. The minimum atomic E-state index is -3.77. The summed E-state index contributed by atoms with van der Waals surface area (Å²) < 4.78 is 40.8. The number of aromatic nitrogens is 2. The molecule has 0 aliphatic carbocycles. The highest BCUT2D eigenvalue weighted by Crippen LogP contribution is 2.33. The molecular weight excluding hydrogens is 354 g/mol. The van der Waals surface area contributed by atoms with Crippen molar-refractivity contribution in [3.05, 3.63) is 60.4 Å². The van der Waals surface area contributed by atoms with E-state index in [1.54, 1.807) is 35.3 Å². The summed E-state index contributed by atoms with van der Waals surface area (Å²) in [5.41, 5.74) is 2.07. The molecule has 0 radical (unpaired) electrons. The third-order valence-electron chi connectivity index (χ3n) is 4.06. The van der Waals surface area contributed by atoms with Crippen LogP contribution in [0.15, 0.2) is 59.8 Å². The standard InChI is InChI=1S/C18H17N3O4S/c1-13-3-4-14(21-8-2-7-19-21)11-16(13)20-26(22,23)15-5-6-17-18(12-15)25-10-9-24-17/h2-8,11-12,20H,9-10H2,1H3. The zero-order valence-electron chi connectivity index (χ0n) is 14.0. The highest BCUT2D eigenvalue weighted by molar-refractivity contribution is 7.92. The number of benzene rings is 2. The molecule has 8 heteroatoms. The quantitative estimate of drug-likeness (QED) is 0.763. The number of anilines is 1. The number of hydrogen-bond donors (Lipinski definition) is 1. The van der Waals surface area contributed by atoms with E-state index >= 15 is 0 Å². The van der Waals surface area contributed by atoms with Crippen molar-refractivity contribution >= 4 is 15.7 Å². The maximum atomic E-state index is 12.8. The maximum absolute atomic E-state index is 12.8. The average molecular weight is 371 g/mol. The van der Waals surface area contributed by atoms with Gasteiger partial charge in [0.15, 0.2) is 11.5 Å². The van der Waals surface area contributed by atoms with Gasteiger partial charge in [0.2, 0.25) is 0 Å². The summed E-state index contributed by atoms with van der Waals surface area (Å²) in [6, 6.07) is 11.9. The van der Waals surface area contributed by atoms with E-state index in [2.05, 4.69) is 9.82 Å². The summed E-state index contributed by atoms with van der Waals surface area (Å²) in [4.78, 5) is 0.116. The number of aryl methyl sites for hydroxylation is 1. The van der Waals surface area contributed by atoms with Gasteiger partial charge in [-0.1, -0.05) is 6.07 Å². The fourth-order valence-corrected chi connectivity index (χ4v) is 3.82. The molecule has 1 aliphatic heterocycles. The van der Waals surface area contributed by atoms with Gasteiger partial charge in [-0.15, -0.1) is 0 Å². The first-order valence-corrected chi connectivity index (χ1v) is 9.54. The van der Waals surface area contributed by atoms with Crippen molar-refractivity contribution in [1.82, 2.24) is 9.78 Å². The molecule has 134 valence electrons. The zero-order valence-corrected chi connectivity index (χ0v) is 14.9. The highest BCUT2D eigenvalue weighted by atomic mass is 32.2.